The van der Waals surface area contributed by atoms with Gasteiger partial charge in [0.2, 0.25) is 0 Å². The Hall–Kier alpha value is -3.82. The number of nitrogens with zero attached hydrogens (tertiary/aromatic N) is 1. The van der Waals surface area contributed by atoms with Crippen molar-refractivity contribution in [1.82, 2.24) is 5.32 Å². The third-order valence-corrected chi connectivity index (χ3v) is 4.72. The zero-order valence-electron chi connectivity index (χ0n) is 15.9. The van der Waals surface area contributed by atoms with Gasteiger partial charge in [-0.05, 0) is 35.9 Å². The number of hydrogen-bond acceptors (Lipinski definition) is 6. The first-order valence-electron chi connectivity index (χ1n) is 9.11. The highest BCUT2D eigenvalue weighted by atomic mass is 19.1. The number of carbonyl (C=O) groups excluding carboxylic acids is 3. The Morgan fingerprint density at radius 1 is 1.30 bits per heavy atom. The minimum Gasteiger partial charge on any atom is -0.482 e. The Labute approximate surface area is 170 Å². The molecule has 1 fully saturated rings. The molecule has 4 rings (SSSR count). The van der Waals surface area contributed by atoms with Crippen LogP contribution in [0.25, 0.3) is 11.1 Å². The molecule has 2 aromatic rings. The van der Waals surface area contributed by atoms with Crippen LogP contribution in [0.3, 0.4) is 0 Å². The number of nitrogens with one attached hydrogen (secondary N) is 2. The molecule has 2 aromatic carbocycles. The fourth-order valence-electron chi connectivity index (χ4n) is 3.26. The van der Waals surface area contributed by atoms with Crippen molar-refractivity contribution in [2.45, 2.75) is 6.10 Å². The molecular formula is C20H18FN3O6. The van der Waals surface area contributed by atoms with Crippen molar-refractivity contribution in [1.29, 1.82) is 0 Å². The van der Waals surface area contributed by atoms with Gasteiger partial charge in [-0.2, -0.15) is 0 Å². The quantitative estimate of drug-likeness (QED) is 0.795. The molecule has 3 amide bonds. The van der Waals surface area contributed by atoms with Crippen molar-refractivity contribution >= 4 is 29.5 Å². The third kappa shape index (κ3) is 3.84. The van der Waals surface area contributed by atoms with E-state index in [4.69, 9.17) is 9.47 Å². The lowest BCUT2D eigenvalue weighted by atomic mass is 10.0. The molecule has 30 heavy (non-hydrogen) atoms. The second-order valence-corrected chi connectivity index (χ2v) is 6.70. The molecule has 10 heteroatoms. The van der Waals surface area contributed by atoms with E-state index >= 15 is 0 Å². The van der Waals surface area contributed by atoms with E-state index in [0.717, 1.165) is 0 Å². The molecule has 0 aromatic heterocycles. The number of carbonyl (C=O) groups is 3. The predicted molar refractivity (Wildman–Crippen MR) is 104 cm³/mol. The van der Waals surface area contributed by atoms with E-state index in [9.17, 15) is 18.8 Å². The van der Waals surface area contributed by atoms with Gasteiger partial charge in [0.05, 0.1) is 31.6 Å². The number of alkyl carbamates (subject to hydrolysis) is 1. The van der Waals surface area contributed by atoms with E-state index in [-0.39, 0.29) is 25.6 Å². The summed E-state index contributed by atoms with van der Waals surface area (Å²) >= 11 is 0. The largest absolute Gasteiger partial charge is 0.482 e. The van der Waals surface area contributed by atoms with Crippen molar-refractivity contribution in [3.8, 4) is 16.9 Å². The highest BCUT2D eigenvalue weighted by molar-refractivity contribution is 5.96. The summed E-state index contributed by atoms with van der Waals surface area (Å²) in [6.45, 7) is 0.180. The van der Waals surface area contributed by atoms with Gasteiger partial charge in [0.25, 0.3) is 5.91 Å². The second kappa shape index (κ2) is 7.90. The normalized spacial score (nSPS) is 17.5. The highest BCUT2D eigenvalue weighted by Crippen LogP contribution is 2.35. The number of ether oxygens (including phenoxy) is 3. The van der Waals surface area contributed by atoms with Crippen LogP contribution in [0.5, 0.6) is 5.75 Å². The molecule has 2 aliphatic heterocycles. The highest BCUT2D eigenvalue weighted by Gasteiger charge is 2.33. The number of methoxy groups -OCH3 is 1. The fraction of sp³-hybridized carbons (Fsp3) is 0.250. The van der Waals surface area contributed by atoms with Crippen LogP contribution in [-0.4, -0.2) is 51.0 Å². The molecule has 1 saturated heterocycles. The Balaban J connectivity index is 1.51. The molecule has 1 atom stereocenters. The van der Waals surface area contributed by atoms with E-state index in [1.807, 2.05) is 0 Å². The van der Waals surface area contributed by atoms with Crippen LogP contribution in [0.2, 0.25) is 0 Å². The smallest absolute Gasteiger partial charge is 0.414 e. The number of amides is 3. The summed E-state index contributed by atoms with van der Waals surface area (Å²) < 4.78 is 29.8. The van der Waals surface area contributed by atoms with Crippen LogP contribution >= 0.6 is 0 Å². The van der Waals surface area contributed by atoms with Crippen molar-refractivity contribution in [2.24, 2.45) is 0 Å². The zero-order valence-corrected chi connectivity index (χ0v) is 15.9. The van der Waals surface area contributed by atoms with Crippen molar-refractivity contribution in [3.05, 3.63) is 42.2 Å². The van der Waals surface area contributed by atoms with Crippen LogP contribution in [0, 0.1) is 5.82 Å². The summed E-state index contributed by atoms with van der Waals surface area (Å²) in [6.07, 6.45) is -1.84. The van der Waals surface area contributed by atoms with Crippen molar-refractivity contribution in [3.63, 3.8) is 0 Å². The van der Waals surface area contributed by atoms with E-state index in [0.29, 0.717) is 28.3 Å². The van der Waals surface area contributed by atoms with Crippen LogP contribution in [0.15, 0.2) is 36.4 Å². The van der Waals surface area contributed by atoms with Gasteiger partial charge in [-0.3, -0.25) is 9.69 Å². The molecular weight excluding hydrogens is 397 g/mol. The first kappa shape index (κ1) is 19.5. The van der Waals surface area contributed by atoms with Gasteiger partial charge < -0.3 is 24.8 Å². The summed E-state index contributed by atoms with van der Waals surface area (Å²) in [5.74, 6) is -0.305. The average Bonchev–Trinajstić information content (AvgIpc) is 3.11. The summed E-state index contributed by atoms with van der Waals surface area (Å²) in [5, 5.41) is 5.14. The Bertz CT molecular complexity index is 1030. The van der Waals surface area contributed by atoms with Crippen LogP contribution in [0.1, 0.15) is 0 Å². The number of anilines is 2. The Morgan fingerprint density at radius 3 is 2.90 bits per heavy atom. The van der Waals surface area contributed by atoms with E-state index < -0.39 is 24.1 Å². The summed E-state index contributed by atoms with van der Waals surface area (Å²) in [4.78, 5) is 36.1. The van der Waals surface area contributed by atoms with Crippen LogP contribution in [0.4, 0.5) is 25.4 Å². The van der Waals surface area contributed by atoms with E-state index in [2.05, 4.69) is 15.4 Å². The number of benzene rings is 2. The lowest BCUT2D eigenvalue weighted by molar-refractivity contribution is -0.118. The second-order valence-electron chi connectivity index (χ2n) is 6.70. The number of rotatable bonds is 4. The minimum atomic E-state index is -0.633. The maximum atomic E-state index is 14.9. The van der Waals surface area contributed by atoms with Gasteiger partial charge >= 0.3 is 12.2 Å². The predicted octanol–water partition coefficient (Wildman–Crippen LogP) is 2.50. The minimum absolute atomic E-state index is 0.0581. The third-order valence-electron chi connectivity index (χ3n) is 4.72. The monoisotopic (exact) mass is 415 g/mol. The molecule has 0 bridgehead atoms. The Morgan fingerprint density at radius 2 is 2.13 bits per heavy atom. The SMILES string of the molecule is COC(=O)NC[C@H]1CN(c2ccc(-c3ccc4c(c3)NC(=O)CO4)c(F)c2)C(=O)O1. The Kier molecular flexibility index (Phi) is 5.13. The van der Waals surface area contributed by atoms with Gasteiger partial charge in [-0.25, -0.2) is 14.0 Å². The molecule has 0 radical (unpaired) electrons. The van der Waals surface area contributed by atoms with Gasteiger partial charge in [-0.15, -0.1) is 0 Å². The molecule has 0 saturated carbocycles. The molecule has 2 N–H and O–H groups in total. The van der Waals surface area contributed by atoms with Gasteiger partial charge in [0, 0.05) is 5.56 Å². The number of cyclic esters (lactones) is 1. The maximum absolute atomic E-state index is 14.9. The van der Waals surface area contributed by atoms with Crippen LogP contribution < -0.4 is 20.3 Å². The number of fused-ring (bicyclic) bond motifs is 1. The van der Waals surface area contributed by atoms with Gasteiger partial charge in [0.15, 0.2) is 6.61 Å². The average molecular weight is 415 g/mol. The topological polar surface area (TPSA) is 106 Å². The molecule has 156 valence electrons. The summed E-state index contributed by atoms with van der Waals surface area (Å²) in [6, 6.07) is 9.36. The van der Waals surface area contributed by atoms with Gasteiger partial charge in [0.1, 0.15) is 17.7 Å². The van der Waals surface area contributed by atoms with E-state index in [1.54, 1.807) is 30.3 Å². The number of halogens is 1. The zero-order chi connectivity index (χ0) is 21.3. The summed E-state index contributed by atoms with van der Waals surface area (Å²) in [5.41, 5.74) is 1.65. The standard InChI is InChI=1S/C20H18FN3O6/c1-28-19(26)22-8-13-9-24(20(27)30-13)12-3-4-14(15(21)7-12)11-2-5-17-16(6-11)23-18(25)10-29-17/h2-7,13H,8-10H2,1H3,(H,22,26)(H,23,25)/t13-/m0/s1. The fourth-order valence-corrected chi connectivity index (χ4v) is 3.26. The lowest BCUT2D eigenvalue weighted by Gasteiger charge is -2.19. The van der Waals surface area contributed by atoms with Gasteiger partial charge in [-0.1, -0.05) is 6.07 Å². The summed E-state index contributed by atoms with van der Waals surface area (Å²) in [7, 11) is 1.23. The maximum Gasteiger partial charge on any atom is 0.414 e. The molecule has 0 spiro atoms. The molecule has 0 unspecified atom stereocenters. The molecule has 2 aliphatic rings. The van der Waals surface area contributed by atoms with Crippen molar-refractivity contribution < 1.29 is 33.0 Å². The van der Waals surface area contributed by atoms with Crippen LogP contribution in [-0.2, 0) is 14.3 Å². The first-order chi connectivity index (χ1) is 14.4. The lowest BCUT2D eigenvalue weighted by Crippen LogP contribution is -2.34. The van der Waals surface area contributed by atoms with E-state index in [1.165, 1.54) is 18.1 Å². The molecule has 2 heterocycles. The number of hydrogen-bond donors (Lipinski definition) is 2. The molecule has 0 aliphatic carbocycles. The first-order valence-corrected chi connectivity index (χ1v) is 9.11. The molecule has 9 nitrogen and oxygen atoms in total. The van der Waals surface area contributed by atoms with Crippen molar-refractivity contribution in [2.75, 3.05) is 37.0 Å².